The molecule has 0 amide bonds. The number of unbranched alkanes of at least 4 members (excludes halogenated alkanes) is 20. The Hall–Kier alpha value is -0.690. The standard InChI is InChI=1S/C36H73NO5/c1-3-5-7-9-19-25-33-41-36(42-34-26-20-10-8-6-4-2)28-22-16-12-11-13-17-23-29-37(31-32-38)30-24-18-14-15-21-27-35(39)40/h36,38H,3-34H2,1-2H3,(H,39,40). The Morgan fingerprint density at radius 3 is 1.40 bits per heavy atom. The number of carboxylic acids is 1. The Labute approximate surface area is 261 Å². The topological polar surface area (TPSA) is 79.2 Å². The van der Waals surface area contributed by atoms with Crippen LogP contribution in [0.4, 0.5) is 0 Å². The number of aliphatic hydroxyl groups is 1. The van der Waals surface area contributed by atoms with Crippen LogP contribution in [0.2, 0.25) is 0 Å². The fraction of sp³-hybridized carbons (Fsp3) is 0.972. The van der Waals surface area contributed by atoms with Gasteiger partial charge >= 0.3 is 5.97 Å². The molecule has 0 aliphatic rings. The number of nitrogens with zero attached hydrogens (tertiary/aromatic N) is 1. The van der Waals surface area contributed by atoms with Gasteiger partial charge in [0.05, 0.1) is 6.61 Å². The number of carbonyl (C=O) groups is 1. The summed E-state index contributed by atoms with van der Waals surface area (Å²) in [4.78, 5) is 13.0. The van der Waals surface area contributed by atoms with Gasteiger partial charge in [-0.15, -0.1) is 0 Å². The minimum atomic E-state index is -0.690. The number of rotatable bonds is 36. The second kappa shape index (κ2) is 34.8. The first kappa shape index (κ1) is 41.3. The van der Waals surface area contributed by atoms with Gasteiger partial charge in [-0.3, -0.25) is 4.79 Å². The lowest BCUT2D eigenvalue weighted by Crippen LogP contribution is -2.29. The molecule has 42 heavy (non-hydrogen) atoms. The predicted octanol–water partition coefficient (Wildman–Crippen LogP) is 9.91. The van der Waals surface area contributed by atoms with Crippen molar-refractivity contribution in [3.8, 4) is 0 Å². The van der Waals surface area contributed by atoms with E-state index >= 15 is 0 Å². The van der Waals surface area contributed by atoms with Crippen molar-refractivity contribution in [1.82, 2.24) is 4.90 Å². The molecule has 0 atom stereocenters. The van der Waals surface area contributed by atoms with Crippen molar-refractivity contribution in [3.05, 3.63) is 0 Å². The summed E-state index contributed by atoms with van der Waals surface area (Å²) in [5, 5.41) is 18.1. The van der Waals surface area contributed by atoms with E-state index in [2.05, 4.69) is 18.7 Å². The van der Waals surface area contributed by atoms with Gasteiger partial charge in [0.1, 0.15) is 0 Å². The molecule has 0 spiro atoms. The minimum absolute atomic E-state index is 0.0152. The third-order valence-electron chi connectivity index (χ3n) is 8.30. The molecule has 6 heteroatoms. The van der Waals surface area contributed by atoms with E-state index in [0.29, 0.717) is 6.42 Å². The van der Waals surface area contributed by atoms with Gasteiger partial charge in [-0.25, -0.2) is 0 Å². The van der Waals surface area contributed by atoms with E-state index in [1.807, 2.05) is 0 Å². The molecular weight excluding hydrogens is 526 g/mol. The first-order valence-electron chi connectivity index (χ1n) is 18.4. The number of carboxylic acid groups (broad SMARTS) is 1. The lowest BCUT2D eigenvalue weighted by molar-refractivity contribution is -0.148. The average molecular weight is 600 g/mol. The van der Waals surface area contributed by atoms with Gasteiger partial charge < -0.3 is 24.6 Å². The van der Waals surface area contributed by atoms with Crippen LogP contribution in [0, 0.1) is 0 Å². The van der Waals surface area contributed by atoms with Crippen LogP contribution in [-0.2, 0) is 14.3 Å². The number of ether oxygens (including phenoxy) is 2. The molecule has 0 saturated heterocycles. The normalized spacial score (nSPS) is 11.7. The van der Waals surface area contributed by atoms with Gasteiger partial charge in [0, 0.05) is 26.2 Å². The van der Waals surface area contributed by atoms with Crippen molar-refractivity contribution < 1.29 is 24.5 Å². The zero-order valence-electron chi connectivity index (χ0n) is 28.3. The molecule has 0 saturated carbocycles. The van der Waals surface area contributed by atoms with Crippen molar-refractivity contribution in [2.45, 2.75) is 187 Å². The maximum absolute atomic E-state index is 10.6. The minimum Gasteiger partial charge on any atom is -0.481 e. The average Bonchev–Trinajstić information content (AvgIpc) is 2.98. The molecule has 0 rings (SSSR count). The largest absolute Gasteiger partial charge is 0.481 e. The molecule has 0 bridgehead atoms. The first-order chi connectivity index (χ1) is 20.6. The smallest absolute Gasteiger partial charge is 0.303 e. The summed E-state index contributed by atoms with van der Waals surface area (Å²) in [6.45, 7) is 9.33. The summed E-state index contributed by atoms with van der Waals surface area (Å²) in [7, 11) is 0. The van der Waals surface area contributed by atoms with Gasteiger partial charge in [0.2, 0.25) is 0 Å². The molecule has 0 aromatic rings. The summed E-state index contributed by atoms with van der Waals surface area (Å²) < 4.78 is 12.4. The highest BCUT2D eigenvalue weighted by atomic mass is 16.7. The van der Waals surface area contributed by atoms with Crippen LogP contribution >= 0.6 is 0 Å². The molecular formula is C36H73NO5. The number of hydrogen-bond acceptors (Lipinski definition) is 5. The van der Waals surface area contributed by atoms with Gasteiger partial charge in [-0.1, -0.05) is 129 Å². The fourth-order valence-corrected chi connectivity index (χ4v) is 5.56. The fourth-order valence-electron chi connectivity index (χ4n) is 5.56. The van der Waals surface area contributed by atoms with E-state index < -0.39 is 5.97 Å². The summed E-state index contributed by atoms with van der Waals surface area (Å²) in [5.74, 6) is -0.690. The second-order valence-corrected chi connectivity index (χ2v) is 12.4. The van der Waals surface area contributed by atoms with Crippen LogP contribution in [0.1, 0.15) is 181 Å². The highest BCUT2D eigenvalue weighted by Crippen LogP contribution is 2.15. The van der Waals surface area contributed by atoms with E-state index in [4.69, 9.17) is 14.6 Å². The summed E-state index contributed by atoms with van der Waals surface area (Å²) in [6, 6.07) is 0. The Kier molecular flexibility index (Phi) is 34.2. The first-order valence-corrected chi connectivity index (χ1v) is 18.4. The second-order valence-electron chi connectivity index (χ2n) is 12.4. The SMILES string of the molecule is CCCCCCCCOC(CCCCCCCCCN(CCO)CCCCCCCC(=O)O)OCCCCCCCC. The van der Waals surface area contributed by atoms with Crippen LogP contribution in [-0.4, -0.2) is 66.8 Å². The predicted molar refractivity (Wildman–Crippen MR) is 178 cm³/mol. The molecule has 0 radical (unpaired) electrons. The molecule has 0 aromatic carbocycles. The van der Waals surface area contributed by atoms with Crippen molar-refractivity contribution in [2.24, 2.45) is 0 Å². The van der Waals surface area contributed by atoms with Crippen LogP contribution in [0.5, 0.6) is 0 Å². The molecule has 0 aliphatic carbocycles. The quantitative estimate of drug-likeness (QED) is 0.0551. The number of aliphatic hydroxyl groups excluding tert-OH is 1. The van der Waals surface area contributed by atoms with Crippen LogP contribution in [0.3, 0.4) is 0 Å². The van der Waals surface area contributed by atoms with E-state index in [-0.39, 0.29) is 12.9 Å². The third-order valence-corrected chi connectivity index (χ3v) is 8.30. The summed E-state index contributed by atoms with van der Waals surface area (Å²) in [5.41, 5.74) is 0. The van der Waals surface area contributed by atoms with Gasteiger partial charge in [-0.05, 0) is 58.0 Å². The van der Waals surface area contributed by atoms with Crippen molar-refractivity contribution in [2.75, 3.05) is 39.5 Å². The zero-order valence-corrected chi connectivity index (χ0v) is 28.3. The number of aliphatic carboxylic acids is 1. The molecule has 0 fully saturated rings. The van der Waals surface area contributed by atoms with Crippen LogP contribution in [0.15, 0.2) is 0 Å². The van der Waals surface area contributed by atoms with Crippen molar-refractivity contribution in [3.63, 3.8) is 0 Å². The lowest BCUT2D eigenvalue weighted by Gasteiger charge is -2.21. The molecule has 6 nitrogen and oxygen atoms in total. The van der Waals surface area contributed by atoms with E-state index in [1.54, 1.807) is 0 Å². The Bertz CT molecular complexity index is 515. The Balaban J connectivity index is 3.93. The lowest BCUT2D eigenvalue weighted by atomic mass is 10.1. The van der Waals surface area contributed by atoms with Gasteiger partial charge in [0.15, 0.2) is 6.29 Å². The molecule has 0 unspecified atom stereocenters. The Morgan fingerprint density at radius 2 is 0.952 bits per heavy atom. The van der Waals surface area contributed by atoms with E-state index in [1.165, 1.54) is 109 Å². The monoisotopic (exact) mass is 600 g/mol. The molecule has 0 heterocycles. The summed E-state index contributed by atoms with van der Waals surface area (Å²) in [6.07, 6.45) is 30.9. The van der Waals surface area contributed by atoms with Crippen LogP contribution in [0.25, 0.3) is 0 Å². The molecule has 2 N–H and O–H groups in total. The summed E-state index contributed by atoms with van der Waals surface area (Å²) >= 11 is 0. The maximum atomic E-state index is 10.6. The molecule has 252 valence electrons. The molecule has 0 aliphatic heterocycles. The Morgan fingerprint density at radius 1 is 0.548 bits per heavy atom. The van der Waals surface area contributed by atoms with Gasteiger partial charge in [-0.2, -0.15) is 0 Å². The highest BCUT2D eigenvalue weighted by Gasteiger charge is 2.10. The molecule has 0 aromatic heterocycles. The van der Waals surface area contributed by atoms with Crippen molar-refractivity contribution >= 4 is 5.97 Å². The highest BCUT2D eigenvalue weighted by molar-refractivity contribution is 5.66. The third kappa shape index (κ3) is 32.2. The maximum Gasteiger partial charge on any atom is 0.303 e. The number of hydrogen-bond donors (Lipinski definition) is 2. The zero-order chi connectivity index (χ0) is 30.8. The van der Waals surface area contributed by atoms with Gasteiger partial charge in [0.25, 0.3) is 0 Å². The van der Waals surface area contributed by atoms with E-state index in [0.717, 1.165) is 84.2 Å². The van der Waals surface area contributed by atoms with Crippen LogP contribution < -0.4 is 0 Å². The van der Waals surface area contributed by atoms with E-state index in [9.17, 15) is 9.90 Å². The van der Waals surface area contributed by atoms with Crippen molar-refractivity contribution in [1.29, 1.82) is 0 Å².